The van der Waals surface area contributed by atoms with Crippen LogP contribution in [-0.4, -0.2) is 10.2 Å². The van der Waals surface area contributed by atoms with Gasteiger partial charge in [-0.2, -0.15) is 0 Å². The summed E-state index contributed by atoms with van der Waals surface area (Å²) in [5, 5.41) is 21.0. The third-order valence-electron chi connectivity index (χ3n) is 4.45. The van der Waals surface area contributed by atoms with Crippen LogP contribution >= 0.6 is 0 Å². The molecule has 3 aromatic carbocycles. The summed E-state index contributed by atoms with van der Waals surface area (Å²) in [6.07, 6.45) is 0. The third kappa shape index (κ3) is 2.81. The van der Waals surface area contributed by atoms with Crippen LogP contribution in [0.5, 0.6) is 11.5 Å². The molecule has 0 aromatic heterocycles. The summed E-state index contributed by atoms with van der Waals surface area (Å²) in [7, 11) is 0. The van der Waals surface area contributed by atoms with E-state index < -0.39 is 0 Å². The van der Waals surface area contributed by atoms with E-state index in [4.69, 9.17) is 5.73 Å². The van der Waals surface area contributed by atoms with Crippen molar-refractivity contribution in [1.29, 1.82) is 0 Å². The second-order valence-electron chi connectivity index (χ2n) is 6.12. The zero-order chi connectivity index (χ0) is 17.3. The van der Waals surface area contributed by atoms with Crippen molar-refractivity contribution in [2.24, 2.45) is 0 Å². The van der Waals surface area contributed by atoms with Crippen molar-refractivity contribution in [3.63, 3.8) is 0 Å². The second-order valence-corrected chi connectivity index (χ2v) is 6.12. The van der Waals surface area contributed by atoms with Gasteiger partial charge in [0.2, 0.25) is 0 Å². The van der Waals surface area contributed by atoms with Crippen molar-refractivity contribution in [3.05, 3.63) is 88.5 Å². The van der Waals surface area contributed by atoms with Crippen LogP contribution in [0, 0.1) is 13.8 Å². The molecule has 0 aliphatic heterocycles. The minimum atomic E-state index is -0.270. The number of hydrogen-bond acceptors (Lipinski definition) is 3. The predicted molar refractivity (Wildman–Crippen MR) is 97.5 cm³/mol. The van der Waals surface area contributed by atoms with E-state index in [9.17, 15) is 10.2 Å². The maximum absolute atomic E-state index is 10.5. The average molecular weight is 319 g/mol. The number of anilines is 1. The Morgan fingerprint density at radius 2 is 1.17 bits per heavy atom. The van der Waals surface area contributed by atoms with Gasteiger partial charge in [-0.1, -0.05) is 36.4 Å². The Kier molecular flexibility index (Phi) is 4.17. The quantitative estimate of drug-likeness (QED) is 0.492. The van der Waals surface area contributed by atoms with Crippen molar-refractivity contribution < 1.29 is 10.2 Å². The highest BCUT2D eigenvalue weighted by Crippen LogP contribution is 2.43. The van der Waals surface area contributed by atoms with Gasteiger partial charge in [0.15, 0.2) is 0 Å². The molecule has 0 atom stereocenters. The Hall–Kier alpha value is -2.94. The molecule has 0 aliphatic rings. The molecule has 3 aromatic rings. The first-order valence-electron chi connectivity index (χ1n) is 7.91. The predicted octanol–water partition coefficient (Wildman–Crippen LogP) is 4.48. The molecule has 0 bridgehead atoms. The van der Waals surface area contributed by atoms with Gasteiger partial charge in [-0.3, -0.25) is 0 Å². The SMILES string of the molecule is Cc1cccc(O)c1C(c1ccc(N)cc1)c1c(C)cccc1O. The van der Waals surface area contributed by atoms with Crippen molar-refractivity contribution in [1.82, 2.24) is 0 Å². The molecule has 0 aliphatic carbocycles. The molecular weight excluding hydrogens is 298 g/mol. The van der Waals surface area contributed by atoms with E-state index in [1.54, 1.807) is 12.1 Å². The normalized spacial score (nSPS) is 11.0. The third-order valence-corrected chi connectivity index (χ3v) is 4.45. The summed E-state index contributed by atoms with van der Waals surface area (Å²) in [6, 6.07) is 18.5. The number of phenols is 2. The van der Waals surface area contributed by atoms with Crippen LogP contribution in [0.2, 0.25) is 0 Å². The van der Waals surface area contributed by atoms with Crippen LogP contribution in [0.4, 0.5) is 5.69 Å². The number of nitrogen functional groups attached to an aromatic ring is 1. The maximum Gasteiger partial charge on any atom is 0.119 e. The zero-order valence-corrected chi connectivity index (χ0v) is 13.8. The first kappa shape index (κ1) is 15.9. The minimum absolute atomic E-state index is 0.222. The summed E-state index contributed by atoms with van der Waals surface area (Å²) in [5.74, 6) is 0.173. The van der Waals surface area contributed by atoms with Gasteiger partial charge in [0, 0.05) is 22.7 Å². The number of nitrogens with two attached hydrogens (primary N) is 1. The topological polar surface area (TPSA) is 66.5 Å². The van der Waals surface area contributed by atoms with Gasteiger partial charge in [-0.25, -0.2) is 0 Å². The van der Waals surface area contributed by atoms with E-state index in [1.165, 1.54) is 0 Å². The molecule has 0 unspecified atom stereocenters. The summed E-state index contributed by atoms with van der Waals surface area (Å²) >= 11 is 0. The lowest BCUT2D eigenvalue weighted by atomic mass is 9.80. The molecule has 0 radical (unpaired) electrons. The maximum atomic E-state index is 10.5. The van der Waals surface area contributed by atoms with Gasteiger partial charge in [-0.05, 0) is 54.8 Å². The van der Waals surface area contributed by atoms with Crippen LogP contribution in [0.3, 0.4) is 0 Å². The van der Waals surface area contributed by atoms with E-state index in [1.807, 2.05) is 62.4 Å². The van der Waals surface area contributed by atoms with Crippen LogP contribution in [-0.2, 0) is 0 Å². The smallest absolute Gasteiger partial charge is 0.119 e. The van der Waals surface area contributed by atoms with E-state index in [0.717, 1.165) is 27.8 Å². The molecule has 0 amide bonds. The molecule has 0 saturated heterocycles. The molecule has 0 saturated carbocycles. The lowest BCUT2D eigenvalue weighted by Crippen LogP contribution is -2.08. The van der Waals surface area contributed by atoms with Crippen LogP contribution in [0.25, 0.3) is 0 Å². The van der Waals surface area contributed by atoms with E-state index in [2.05, 4.69) is 0 Å². The monoisotopic (exact) mass is 319 g/mol. The van der Waals surface area contributed by atoms with Crippen LogP contribution < -0.4 is 5.73 Å². The van der Waals surface area contributed by atoms with Crippen molar-refractivity contribution in [2.45, 2.75) is 19.8 Å². The lowest BCUT2D eigenvalue weighted by molar-refractivity contribution is 0.457. The molecule has 24 heavy (non-hydrogen) atoms. The number of hydrogen-bond donors (Lipinski definition) is 3. The van der Waals surface area contributed by atoms with Gasteiger partial charge in [0.25, 0.3) is 0 Å². The Labute approximate surface area is 142 Å². The van der Waals surface area contributed by atoms with E-state index in [0.29, 0.717) is 5.69 Å². The van der Waals surface area contributed by atoms with E-state index >= 15 is 0 Å². The van der Waals surface area contributed by atoms with Gasteiger partial charge >= 0.3 is 0 Å². The van der Waals surface area contributed by atoms with E-state index in [-0.39, 0.29) is 17.4 Å². The number of phenolic OH excluding ortho intramolecular Hbond substituents is 2. The van der Waals surface area contributed by atoms with Crippen molar-refractivity contribution >= 4 is 5.69 Å². The first-order chi connectivity index (χ1) is 11.5. The van der Waals surface area contributed by atoms with Gasteiger partial charge in [-0.15, -0.1) is 0 Å². The van der Waals surface area contributed by atoms with Crippen LogP contribution in [0.1, 0.15) is 33.7 Å². The molecule has 0 fully saturated rings. The highest BCUT2D eigenvalue weighted by atomic mass is 16.3. The number of benzene rings is 3. The zero-order valence-electron chi connectivity index (χ0n) is 13.8. The van der Waals surface area contributed by atoms with Crippen molar-refractivity contribution in [2.75, 3.05) is 5.73 Å². The molecular formula is C21H21NO2. The molecule has 3 heteroatoms. The largest absolute Gasteiger partial charge is 0.508 e. The standard InChI is InChI=1S/C21H21NO2/c1-13-5-3-7-17(23)19(13)21(15-9-11-16(22)12-10-15)20-14(2)6-4-8-18(20)24/h3-12,21,23-24H,22H2,1-2H3. The Morgan fingerprint density at radius 3 is 1.58 bits per heavy atom. The summed E-state index contributed by atoms with van der Waals surface area (Å²) in [6.45, 7) is 3.93. The van der Waals surface area contributed by atoms with Gasteiger partial charge in [0.1, 0.15) is 11.5 Å². The fourth-order valence-electron chi connectivity index (χ4n) is 3.25. The summed E-state index contributed by atoms with van der Waals surface area (Å²) in [5.41, 5.74) is 11.0. The molecule has 0 spiro atoms. The lowest BCUT2D eigenvalue weighted by Gasteiger charge is -2.24. The van der Waals surface area contributed by atoms with Gasteiger partial charge in [0.05, 0.1) is 0 Å². The number of rotatable bonds is 3. The second kappa shape index (κ2) is 6.28. The van der Waals surface area contributed by atoms with Gasteiger partial charge < -0.3 is 15.9 Å². The molecule has 0 heterocycles. The van der Waals surface area contributed by atoms with Crippen LogP contribution in [0.15, 0.2) is 60.7 Å². The molecule has 4 N–H and O–H groups in total. The fraction of sp³-hybridized carbons (Fsp3) is 0.143. The highest BCUT2D eigenvalue weighted by Gasteiger charge is 2.25. The summed E-state index contributed by atoms with van der Waals surface area (Å²) in [4.78, 5) is 0. The first-order valence-corrected chi connectivity index (χ1v) is 7.91. The fourth-order valence-corrected chi connectivity index (χ4v) is 3.25. The number of aryl methyl sites for hydroxylation is 2. The number of aromatic hydroxyl groups is 2. The molecule has 3 nitrogen and oxygen atoms in total. The average Bonchev–Trinajstić information content (AvgIpc) is 2.54. The molecule has 122 valence electrons. The molecule has 3 rings (SSSR count). The Bertz CT molecular complexity index is 778. The Balaban J connectivity index is 2.32. The van der Waals surface area contributed by atoms with Crippen molar-refractivity contribution in [3.8, 4) is 11.5 Å². The highest BCUT2D eigenvalue weighted by molar-refractivity contribution is 5.58. The summed E-state index contributed by atoms with van der Waals surface area (Å²) < 4.78 is 0. The minimum Gasteiger partial charge on any atom is -0.508 e. The Morgan fingerprint density at radius 1 is 0.708 bits per heavy atom.